The van der Waals surface area contributed by atoms with E-state index >= 15 is 0 Å². The second kappa shape index (κ2) is 9.64. The summed E-state index contributed by atoms with van der Waals surface area (Å²) in [5.41, 5.74) is 0.0755. The highest BCUT2D eigenvalue weighted by Gasteiger charge is 2.55. The molecule has 2 fully saturated rings. The fraction of sp³-hybridized carbons (Fsp3) is 0.407. The summed E-state index contributed by atoms with van der Waals surface area (Å²) in [6.45, 7) is -0.301. The van der Waals surface area contributed by atoms with E-state index in [9.17, 15) is 22.8 Å². The first-order chi connectivity index (χ1) is 18.1. The Balaban J connectivity index is 1.33. The summed E-state index contributed by atoms with van der Waals surface area (Å²) in [5.74, 6) is 1.81. The number of thiazole rings is 1. The lowest BCUT2D eigenvalue weighted by molar-refractivity contribution is -0.137. The van der Waals surface area contributed by atoms with Crippen molar-refractivity contribution in [1.82, 2.24) is 4.57 Å². The highest BCUT2D eigenvalue weighted by atomic mass is 35.5. The summed E-state index contributed by atoms with van der Waals surface area (Å²) in [5, 5.41) is 3.61. The molecule has 5 nitrogen and oxygen atoms in total. The number of nitrogens with one attached hydrogen (secondary N) is 1. The van der Waals surface area contributed by atoms with Gasteiger partial charge in [-0.25, -0.2) is 0 Å². The number of alkyl halides is 3. The Morgan fingerprint density at radius 3 is 2.61 bits per heavy atom. The lowest BCUT2D eigenvalue weighted by Crippen LogP contribution is -2.34. The number of ether oxygens (including phenoxy) is 1. The molecule has 200 valence electrons. The Hall–Kier alpha value is -2.43. The van der Waals surface area contributed by atoms with E-state index in [1.165, 1.54) is 23.8 Å². The normalized spacial score (nSPS) is 25.7. The van der Waals surface area contributed by atoms with Crippen molar-refractivity contribution in [1.29, 1.82) is 0 Å². The van der Waals surface area contributed by atoms with Crippen molar-refractivity contribution in [3.8, 4) is 5.75 Å². The van der Waals surface area contributed by atoms with Crippen molar-refractivity contribution in [2.24, 2.45) is 17.8 Å². The van der Waals surface area contributed by atoms with E-state index in [1.807, 2.05) is 12.1 Å². The minimum Gasteiger partial charge on any atom is -0.497 e. The first-order valence-electron chi connectivity index (χ1n) is 12.3. The van der Waals surface area contributed by atoms with E-state index in [2.05, 4.69) is 17.4 Å². The molecule has 2 saturated carbocycles. The van der Waals surface area contributed by atoms with Crippen molar-refractivity contribution in [2.45, 2.75) is 48.2 Å². The number of carbonyl (C=O) groups is 1. The molecule has 11 heteroatoms. The number of hydrogen-bond acceptors (Lipinski definition) is 5. The van der Waals surface area contributed by atoms with Crippen LogP contribution in [0, 0.1) is 17.8 Å². The third kappa shape index (κ3) is 4.44. The van der Waals surface area contributed by atoms with Crippen LogP contribution in [0.5, 0.6) is 5.75 Å². The Morgan fingerprint density at radius 1 is 1.16 bits per heavy atom. The lowest BCUT2D eigenvalue weighted by Gasteiger charge is -2.40. The van der Waals surface area contributed by atoms with E-state index < -0.39 is 17.6 Å². The third-order valence-corrected chi connectivity index (χ3v) is 11.2. The van der Waals surface area contributed by atoms with Crippen LogP contribution in [0.4, 0.5) is 18.9 Å². The number of benzene rings is 2. The molecule has 6 rings (SSSR count). The molecular weight excluding hydrogens is 557 g/mol. The summed E-state index contributed by atoms with van der Waals surface area (Å²) >= 11 is 8.92. The van der Waals surface area contributed by atoms with Gasteiger partial charge in [0.2, 0.25) is 5.91 Å². The Labute approximate surface area is 230 Å². The van der Waals surface area contributed by atoms with Gasteiger partial charge in [0.1, 0.15) is 12.3 Å². The largest absolute Gasteiger partial charge is 0.497 e. The maximum Gasteiger partial charge on any atom is 0.416 e. The number of rotatable bonds is 5. The van der Waals surface area contributed by atoms with Crippen LogP contribution in [0.1, 0.15) is 41.2 Å². The number of aromatic nitrogens is 1. The molecular formula is C27H24ClF3N2O3S2. The number of fused-ring (bicyclic) bond motifs is 6. The quantitative estimate of drug-likeness (QED) is 0.357. The number of amides is 1. The van der Waals surface area contributed by atoms with Gasteiger partial charge in [-0.15, -0.1) is 11.8 Å². The molecule has 0 radical (unpaired) electrons. The average molecular weight is 581 g/mol. The van der Waals surface area contributed by atoms with E-state index in [0.717, 1.165) is 50.8 Å². The molecule has 1 N–H and O–H groups in total. The number of anilines is 1. The number of thioether (sulfide) groups is 1. The minimum atomic E-state index is -4.57. The Bertz CT molecular complexity index is 1450. The SMILES string of the molecule is COc1ccc([C@@H]2c3sc(=O)n(CC(=O)Nc4cc(C(F)(F)F)ccc4Cl)c3S[C@@H]3[C@H]4CC[C@@H](C4)[C@H]23)cc1. The molecule has 38 heavy (non-hydrogen) atoms. The summed E-state index contributed by atoms with van der Waals surface area (Å²) in [4.78, 5) is 26.9. The van der Waals surface area contributed by atoms with Crippen LogP contribution in [-0.4, -0.2) is 22.8 Å². The molecule has 2 aliphatic carbocycles. The standard InChI is InChI=1S/C27H24ClF3N2O3S2/c1-36-17-7-4-13(5-8-17)21-22-14-2-3-15(10-14)23(22)37-25-24(21)38-26(35)33(25)12-20(34)32-19-11-16(27(29,30)31)6-9-18(19)28/h4-9,11,14-15,21-23H,2-3,10,12H2,1H3,(H,32,34)/t14-,15-,21-,22+,23+/m0/s1. The summed E-state index contributed by atoms with van der Waals surface area (Å²) in [6, 6.07) is 10.8. The van der Waals surface area contributed by atoms with Crippen molar-refractivity contribution in [3.05, 3.63) is 73.2 Å². The highest BCUT2D eigenvalue weighted by Crippen LogP contribution is 2.64. The van der Waals surface area contributed by atoms with Crippen molar-refractivity contribution in [2.75, 3.05) is 12.4 Å². The Kier molecular flexibility index (Phi) is 6.55. The molecule has 1 amide bonds. The van der Waals surface area contributed by atoms with Crippen LogP contribution >= 0.6 is 34.7 Å². The number of hydrogen-bond donors (Lipinski definition) is 1. The van der Waals surface area contributed by atoms with Crippen molar-refractivity contribution in [3.63, 3.8) is 0 Å². The van der Waals surface area contributed by atoms with E-state index in [-0.39, 0.29) is 28.0 Å². The molecule has 5 atom stereocenters. The lowest BCUT2D eigenvalue weighted by atomic mass is 9.75. The Morgan fingerprint density at radius 2 is 1.89 bits per heavy atom. The first kappa shape index (κ1) is 25.8. The minimum absolute atomic E-state index is 0.00943. The van der Waals surface area contributed by atoms with Crippen LogP contribution < -0.4 is 14.9 Å². The highest BCUT2D eigenvalue weighted by molar-refractivity contribution is 8.00. The van der Waals surface area contributed by atoms with Gasteiger partial charge >= 0.3 is 11.0 Å². The van der Waals surface area contributed by atoms with Gasteiger partial charge in [-0.05, 0) is 72.9 Å². The molecule has 0 unspecified atom stereocenters. The van der Waals surface area contributed by atoms with Crippen molar-refractivity contribution < 1.29 is 22.7 Å². The zero-order valence-electron chi connectivity index (χ0n) is 20.3. The van der Waals surface area contributed by atoms with Crippen molar-refractivity contribution >= 4 is 46.3 Å². The fourth-order valence-electron chi connectivity index (χ4n) is 6.40. The molecule has 2 heterocycles. The maximum absolute atomic E-state index is 13.2. The number of methoxy groups -OCH3 is 1. The predicted octanol–water partition coefficient (Wildman–Crippen LogP) is 6.88. The summed E-state index contributed by atoms with van der Waals surface area (Å²) in [7, 11) is 1.62. The monoisotopic (exact) mass is 580 g/mol. The second-order valence-corrected chi connectivity index (χ2v) is 12.7. The van der Waals surface area contributed by atoms with Gasteiger partial charge in [-0.1, -0.05) is 35.1 Å². The maximum atomic E-state index is 13.2. The number of nitrogens with zero attached hydrogens (tertiary/aromatic N) is 1. The molecule has 1 aromatic heterocycles. The van der Waals surface area contributed by atoms with Gasteiger partial charge in [0.05, 0.1) is 28.4 Å². The predicted molar refractivity (Wildman–Crippen MR) is 142 cm³/mol. The topological polar surface area (TPSA) is 60.3 Å². The summed E-state index contributed by atoms with van der Waals surface area (Å²) < 4.78 is 46.3. The zero-order chi connectivity index (χ0) is 26.8. The first-order valence-corrected chi connectivity index (χ1v) is 14.4. The molecule has 0 spiro atoms. The van der Waals surface area contributed by atoms with Gasteiger partial charge in [0.25, 0.3) is 0 Å². The molecule has 2 bridgehead atoms. The van der Waals surface area contributed by atoms with Crippen LogP contribution in [0.3, 0.4) is 0 Å². The molecule has 1 aliphatic heterocycles. The molecule has 3 aliphatic rings. The smallest absolute Gasteiger partial charge is 0.416 e. The van der Waals surface area contributed by atoms with E-state index in [0.29, 0.717) is 23.0 Å². The number of halogens is 4. The van der Waals surface area contributed by atoms with E-state index in [1.54, 1.807) is 18.9 Å². The van der Waals surface area contributed by atoms with Crippen LogP contribution in [0.2, 0.25) is 5.02 Å². The number of carbonyl (C=O) groups excluding carboxylic acids is 1. The van der Waals surface area contributed by atoms with Gasteiger partial charge in [0.15, 0.2) is 0 Å². The third-order valence-electron chi connectivity index (χ3n) is 8.04. The van der Waals surface area contributed by atoms with Gasteiger partial charge in [-0.3, -0.25) is 14.2 Å². The zero-order valence-corrected chi connectivity index (χ0v) is 22.6. The van der Waals surface area contributed by atoms with Crippen LogP contribution in [-0.2, 0) is 17.5 Å². The van der Waals surface area contributed by atoms with Gasteiger partial charge in [0, 0.05) is 16.0 Å². The summed E-state index contributed by atoms with van der Waals surface area (Å²) in [6.07, 6.45) is -1.02. The van der Waals surface area contributed by atoms with Crippen LogP contribution in [0.15, 0.2) is 52.3 Å². The second-order valence-electron chi connectivity index (χ2n) is 10.1. The molecule has 0 saturated heterocycles. The fourth-order valence-corrected chi connectivity index (χ4v) is 9.72. The molecule has 2 aromatic carbocycles. The molecule has 3 aromatic rings. The van der Waals surface area contributed by atoms with Gasteiger partial charge in [-0.2, -0.15) is 13.2 Å². The van der Waals surface area contributed by atoms with Gasteiger partial charge < -0.3 is 10.1 Å². The average Bonchev–Trinajstić information content (AvgIpc) is 3.58. The van der Waals surface area contributed by atoms with Crippen LogP contribution in [0.25, 0.3) is 0 Å². The van der Waals surface area contributed by atoms with E-state index in [4.69, 9.17) is 16.3 Å².